The van der Waals surface area contributed by atoms with Crippen LogP contribution < -0.4 is 32.3 Å². The highest BCUT2D eigenvalue weighted by Crippen LogP contribution is 2.44. The van der Waals surface area contributed by atoms with Gasteiger partial charge in [0, 0.05) is 74.4 Å². The van der Waals surface area contributed by atoms with Gasteiger partial charge >= 0.3 is 0 Å². The molecule has 1 aliphatic rings. The van der Waals surface area contributed by atoms with Crippen LogP contribution in [0.4, 0.5) is 15.9 Å². The van der Waals surface area contributed by atoms with Gasteiger partial charge in [0.25, 0.3) is 0 Å². The summed E-state index contributed by atoms with van der Waals surface area (Å²) >= 11 is 6.32. The van der Waals surface area contributed by atoms with Gasteiger partial charge in [-0.25, -0.2) is 14.4 Å². The minimum absolute atomic E-state index is 0.0769. The monoisotopic (exact) mass is 721 g/mol. The number of benzene rings is 2. The van der Waals surface area contributed by atoms with Gasteiger partial charge in [-0.2, -0.15) is 0 Å². The number of rotatable bonds is 16. The van der Waals surface area contributed by atoms with Gasteiger partial charge in [-0.15, -0.1) is 0 Å². The van der Waals surface area contributed by atoms with Gasteiger partial charge in [-0.1, -0.05) is 31.5 Å². The molecule has 0 spiro atoms. The molecular formula is C37H49ClFN9O3. The zero-order chi connectivity index (χ0) is 36.5. The van der Waals surface area contributed by atoms with E-state index in [1.807, 2.05) is 39.0 Å². The van der Waals surface area contributed by atoms with Crippen LogP contribution in [-0.2, 0) is 14.3 Å². The number of hydrogen-bond donors (Lipinski definition) is 6. The van der Waals surface area contributed by atoms with E-state index in [-0.39, 0.29) is 61.7 Å². The Balaban J connectivity index is 1.31. The third-order valence-electron chi connectivity index (χ3n) is 9.03. The van der Waals surface area contributed by atoms with E-state index in [0.717, 1.165) is 46.3 Å². The topological polar surface area (TPSA) is 176 Å². The van der Waals surface area contributed by atoms with Crippen molar-refractivity contribution in [1.29, 1.82) is 0 Å². The SMILES string of the molecule is Cc1cc(F)cc(-c2cnc(NCCNC(=O)CCOCCC(=O)N[C@H](CN)C(C)C)c(-c3nc4ccc(Cl)cc4[nH]3)c2N2CCC(N)CC2)c1. The van der Waals surface area contributed by atoms with Crippen LogP contribution in [0.2, 0.25) is 5.02 Å². The van der Waals surface area contributed by atoms with Gasteiger partial charge in [-0.05, 0) is 67.1 Å². The molecule has 5 rings (SSSR count). The molecule has 0 aliphatic carbocycles. The van der Waals surface area contributed by atoms with Crippen molar-refractivity contribution in [3.8, 4) is 22.5 Å². The van der Waals surface area contributed by atoms with E-state index in [9.17, 15) is 14.0 Å². The highest BCUT2D eigenvalue weighted by atomic mass is 35.5. The molecule has 2 aromatic carbocycles. The molecule has 51 heavy (non-hydrogen) atoms. The predicted molar refractivity (Wildman–Crippen MR) is 201 cm³/mol. The number of anilines is 2. The number of imidazole rings is 1. The summed E-state index contributed by atoms with van der Waals surface area (Å²) in [6.07, 6.45) is 3.73. The highest BCUT2D eigenvalue weighted by Gasteiger charge is 2.27. The fourth-order valence-electron chi connectivity index (χ4n) is 6.19. The number of nitrogens with two attached hydrogens (primary N) is 2. The number of hydrogen-bond acceptors (Lipinski definition) is 9. The molecule has 1 aliphatic heterocycles. The predicted octanol–water partition coefficient (Wildman–Crippen LogP) is 4.74. The number of aryl methyl sites for hydroxylation is 1. The number of H-pyrrole nitrogens is 1. The van der Waals surface area contributed by atoms with Gasteiger partial charge in [0.2, 0.25) is 11.8 Å². The van der Waals surface area contributed by atoms with Crippen LogP contribution in [0.25, 0.3) is 33.5 Å². The molecule has 274 valence electrons. The number of nitrogens with one attached hydrogen (secondary N) is 4. The summed E-state index contributed by atoms with van der Waals surface area (Å²) in [5, 5.41) is 9.81. The molecule has 2 aromatic heterocycles. The molecule has 3 heterocycles. The summed E-state index contributed by atoms with van der Waals surface area (Å²) in [6.45, 7) is 8.78. The molecular weight excluding hydrogens is 673 g/mol. The summed E-state index contributed by atoms with van der Waals surface area (Å²) in [7, 11) is 0. The lowest BCUT2D eigenvalue weighted by Crippen LogP contribution is -2.43. The lowest BCUT2D eigenvalue weighted by Gasteiger charge is -2.35. The van der Waals surface area contributed by atoms with Crippen LogP contribution in [0.15, 0.2) is 42.6 Å². The Bertz CT molecular complexity index is 1790. The fourth-order valence-corrected chi connectivity index (χ4v) is 6.37. The normalized spacial score (nSPS) is 14.2. The van der Waals surface area contributed by atoms with Crippen molar-refractivity contribution >= 4 is 46.0 Å². The lowest BCUT2D eigenvalue weighted by atomic mass is 9.96. The second-order valence-electron chi connectivity index (χ2n) is 13.4. The summed E-state index contributed by atoms with van der Waals surface area (Å²) in [5.74, 6) is 0.763. The number of carbonyl (C=O) groups is 2. The first-order valence-electron chi connectivity index (χ1n) is 17.6. The molecule has 1 fully saturated rings. The number of carbonyl (C=O) groups excluding carboxylic acids is 2. The smallest absolute Gasteiger partial charge is 0.222 e. The number of amides is 2. The van der Waals surface area contributed by atoms with Gasteiger partial charge < -0.3 is 42.0 Å². The third-order valence-corrected chi connectivity index (χ3v) is 9.27. The number of piperidine rings is 1. The average molecular weight is 722 g/mol. The number of ether oxygens (including phenoxy) is 1. The van der Waals surface area contributed by atoms with Crippen LogP contribution in [0.1, 0.15) is 45.1 Å². The lowest BCUT2D eigenvalue weighted by molar-refractivity contribution is -0.123. The van der Waals surface area contributed by atoms with Crippen LogP contribution in [0.3, 0.4) is 0 Å². The second kappa shape index (κ2) is 17.8. The summed E-state index contributed by atoms with van der Waals surface area (Å²) in [5.41, 5.74) is 17.4. The Kier molecular flexibility index (Phi) is 13.2. The van der Waals surface area contributed by atoms with E-state index < -0.39 is 0 Å². The summed E-state index contributed by atoms with van der Waals surface area (Å²) < 4.78 is 20.3. The van der Waals surface area contributed by atoms with E-state index >= 15 is 0 Å². The van der Waals surface area contributed by atoms with Crippen molar-refractivity contribution in [2.45, 2.75) is 58.5 Å². The van der Waals surface area contributed by atoms with Crippen LogP contribution in [-0.4, -0.2) is 84.8 Å². The summed E-state index contributed by atoms with van der Waals surface area (Å²) in [6, 6.07) is 10.5. The van der Waals surface area contributed by atoms with Gasteiger partial charge in [0.15, 0.2) is 0 Å². The van der Waals surface area contributed by atoms with Gasteiger partial charge in [0.05, 0.1) is 35.5 Å². The van der Waals surface area contributed by atoms with Crippen molar-refractivity contribution in [3.05, 3.63) is 59.0 Å². The zero-order valence-corrected chi connectivity index (χ0v) is 30.3. The highest BCUT2D eigenvalue weighted by molar-refractivity contribution is 6.31. The maximum atomic E-state index is 14.8. The molecule has 14 heteroatoms. The second-order valence-corrected chi connectivity index (χ2v) is 13.8. The molecule has 1 atom stereocenters. The quantitative estimate of drug-likeness (QED) is 0.0893. The molecule has 0 radical (unpaired) electrons. The van der Waals surface area contributed by atoms with E-state index in [0.29, 0.717) is 55.0 Å². The van der Waals surface area contributed by atoms with E-state index in [4.69, 9.17) is 37.8 Å². The number of pyridine rings is 1. The molecule has 8 N–H and O–H groups in total. The maximum absolute atomic E-state index is 14.8. The first kappa shape index (κ1) is 37.9. The molecule has 0 unspecified atom stereocenters. The fraction of sp³-hybridized carbons (Fsp3) is 0.459. The third kappa shape index (κ3) is 10.2. The van der Waals surface area contributed by atoms with E-state index in [2.05, 4.69) is 25.8 Å². The van der Waals surface area contributed by atoms with Crippen molar-refractivity contribution in [1.82, 2.24) is 25.6 Å². The molecule has 2 amide bonds. The zero-order valence-electron chi connectivity index (χ0n) is 29.5. The van der Waals surface area contributed by atoms with Crippen LogP contribution in [0.5, 0.6) is 0 Å². The van der Waals surface area contributed by atoms with Crippen LogP contribution in [0, 0.1) is 18.7 Å². The Hall–Kier alpha value is -4.30. The molecule has 4 aromatic rings. The minimum Gasteiger partial charge on any atom is -0.380 e. The largest absolute Gasteiger partial charge is 0.380 e. The van der Waals surface area contributed by atoms with Crippen LogP contribution >= 0.6 is 11.6 Å². The number of nitrogens with zero attached hydrogens (tertiary/aromatic N) is 3. The van der Waals surface area contributed by atoms with Crippen molar-refractivity contribution in [2.24, 2.45) is 17.4 Å². The molecule has 12 nitrogen and oxygen atoms in total. The van der Waals surface area contributed by atoms with Crippen molar-refractivity contribution in [2.75, 3.05) is 56.2 Å². The Labute approximate surface area is 303 Å². The van der Waals surface area contributed by atoms with Gasteiger partial charge in [-0.3, -0.25) is 9.59 Å². The van der Waals surface area contributed by atoms with E-state index in [1.165, 1.54) is 12.1 Å². The molecule has 0 saturated carbocycles. The molecule has 0 bridgehead atoms. The minimum atomic E-state index is -0.326. The standard InChI is InChI=1S/C37H49ClFN9O3/c1-22(2)31(20-40)45-33(50)9-15-51-14-8-32(49)42-10-11-43-36-34(37-46-29-5-4-25(38)19-30(29)47-37)35(48-12-6-27(41)7-13-48)28(21-44-36)24-16-23(3)17-26(39)18-24/h4-5,16-19,21-22,27,31H,6-15,20,40-41H2,1-3H3,(H,42,49)(H,43,44)(H,45,50)(H,46,47)/t31-/m1/s1. The Morgan fingerprint density at radius 3 is 2.55 bits per heavy atom. The Morgan fingerprint density at radius 2 is 1.84 bits per heavy atom. The van der Waals surface area contributed by atoms with E-state index in [1.54, 1.807) is 12.3 Å². The van der Waals surface area contributed by atoms with Crippen molar-refractivity contribution in [3.63, 3.8) is 0 Å². The first-order valence-corrected chi connectivity index (χ1v) is 17.9. The Morgan fingerprint density at radius 1 is 1.10 bits per heavy atom. The average Bonchev–Trinajstić information content (AvgIpc) is 3.51. The first-order chi connectivity index (χ1) is 24.5. The number of fused-ring (bicyclic) bond motifs is 1. The van der Waals surface area contributed by atoms with Crippen molar-refractivity contribution < 1.29 is 18.7 Å². The maximum Gasteiger partial charge on any atom is 0.222 e. The number of aromatic amines is 1. The molecule has 1 saturated heterocycles. The summed E-state index contributed by atoms with van der Waals surface area (Å²) in [4.78, 5) is 40.2. The number of aromatic nitrogens is 3. The van der Waals surface area contributed by atoms with Gasteiger partial charge in [0.1, 0.15) is 17.5 Å². The number of halogens is 2.